The summed E-state index contributed by atoms with van der Waals surface area (Å²) in [5.41, 5.74) is 0.734. The fourth-order valence-corrected chi connectivity index (χ4v) is 3.64. The third-order valence-electron chi connectivity index (χ3n) is 5.24. The van der Waals surface area contributed by atoms with Gasteiger partial charge < -0.3 is 14.2 Å². The van der Waals surface area contributed by atoms with Crippen LogP contribution in [0, 0.1) is 6.92 Å². The van der Waals surface area contributed by atoms with Crippen LogP contribution < -0.4 is 4.90 Å². The Balaban J connectivity index is 1.29. The number of para-hydroxylation sites is 1. The van der Waals surface area contributed by atoms with Gasteiger partial charge in [-0.2, -0.15) is 0 Å². The van der Waals surface area contributed by atoms with Gasteiger partial charge in [0.15, 0.2) is 5.76 Å². The molecule has 4 aromatic rings. The third kappa shape index (κ3) is 3.22. The SMILES string of the molecule is Cc1nccn1-c1cc(N2CCN(C(=O)c3cc4ccccc4o3)CC2)ncn1. The van der Waals surface area contributed by atoms with Crippen molar-refractivity contribution in [2.45, 2.75) is 6.92 Å². The molecule has 5 rings (SSSR count). The number of anilines is 1. The molecule has 1 aromatic carbocycles. The van der Waals surface area contributed by atoms with Crippen LogP contribution in [0.4, 0.5) is 5.82 Å². The Bertz CT molecular complexity index is 1140. The molecule has 0 spiro atoms. The number of hydrogen-bond donors (Lipinski definition) is 0. The molecule has 0 radical (unpaired) electrons. The summed E-state index contributed by atoms with van der Waals surface area (Å²) in [7, 11) is 0. The maximum absolute atomic E-state index is 12.8. The smallest absolute Gasteiger partial charge is 0.289 e. The number of fused-ring (bicyclic) bond motifs is 1. The Hall–Kier alpha value is -3.68. The molecule has 1 fully saturated rings. The standard InChI is InChI=1S/C21H20N6O2/c1-15-22-6-7-27(15)20-13-19(23-14-24-20)25-8-10-26(11-9-25)21(28)18-12-16-4-2-3-5-17(16)29-18/h2-7,12-14H,8-11H2,1H3. The molecule has 8 heteroatoms. The van der Waals surface area contributed by atoms with Crippen molar-refractivity contribution in [3.05, 3.63) is 66.7 Å². The first-order chi connectivity index (χ1) is 14.2. The second-order valence-corrected chi connectivity index (χ2v) is 7.01. The van der Waals surface area contributed by atoms with Crippen molar-refractivity contribution in [2.75, 3.05) is 31.1 Å². The predicted octanol–water partition coefficient (Wildman–Crippen LogP) is 2.68. The Morgan fingerprint density at radius 1 is 1.00 bits per heavy atom. The highest BCUT2D eigenvalue weighted by Crippen LogP contribution is 2.22. The van der Waals surface area contributed by atoms with Crippen LogP contribution in [0.2, 0.25) is 0 Å². The zero-order valence-electron chi connectivity index (χ0n) is 16.0. The number of benzene rings is 1. The molecule has 1 aliphatic heterocycles. The number of aromatic nitrogens is 4. The van der Waals surface area contributed by atoms with Gasteiger partial charge in [-0.15, -0.1) is 0 Å². The quantitative estimate of drug-likeness (QED) is 0.537. The largest absolute Gasteiger partial charge is 0.451 e. The summed E-state index contributed by atoms with van der Waals surface area (Å²) in [5, 5.41) is 0.942. The van der Waals surface area contributed by atoms with E-state index >= 15 is 0 Å². The minimum Gasteiger partial charge on any atom is -0.451 e. The molecule has 8 nitrogen and oxygen atoms in total. The van der Waals surface area contributed by atoms with Crippen LogP contribution in [0.25, 0.3) is 16.8 Å². The summed E-state index contributed by atoms with van der Waals surface area (Å²) in [6.45, 7) is 4.56. The second kappa shape index (κ2) is 7.05. The van der Waals surface area contributed by atoms with Crippen molar-refractivity contribution >= 4 is 22.7 Å². The van der Waals surface area contributed by atoms with Crippen LogP contribution in [-0.2, 0) is 0 Å². The van der Waals surface area contributed by atoms with Gasteiger partial charge in [0.2, 0.25) is 0 Å². The van der Waals surface area contributed by atoms with E-state index in [2.05, 4.69) is 19.9 Å². The summed E-state index contributed by atoms with van der Waals surface area (Å²) >= 11 is 0. The molecule has 0 atom stereocenters. The van der Waals surface area contributed by atoms with Crippen LogP contribution >= 0.6 is 0 Å². The van der Waals surface area contributed by atoms with Crippen LogP contribution in [0.15, 0.2) is 59.5 Å². The highest BCUT2D eigenvalue weighted by Gasteiger charge is 2.25. The molecule has 3 aromatic heterocycles. The highest BCUT2D eigenvalue weighted by atomic mass is 16.3. The van der Waals surface area contributed by atoms with Crippen molar-refractivity contribution in [2.24, 2.45) is 0 Å². The molecule has 0 saturated carbocycles. The number of furan rings is 1. The number of nitrogens with zero attached hydrogens (tertiary/aromatic N) is 6. The predicted molar refractivity (Wildman–Crippen MR) is 108 cm³/mol. The maximum Gasteiger partial charge on any atom is 0.289 e. The van der Waals surface area contributed by atoms with Crippen molar-refractivity contribution in [3.8, 4) is 5.82 Å². The van der Waals surface area contributed by atoms with Gasteiger partial charge in [-0.1, -0.05) is 18.2 Å². The summed E-state index contributed by atoms with van der Waals surface area (Å²) in [4.78, 5) is 29.8. The first-order valence-electron chi connectivity index (χ1n) is 9.54. The lowest BCUT2D eigenvalue weighted by Gasteiger charge is -2.35. The molecular weight excluding hydrogens is 368 g/mol. The molecule has 1 saturated heterocycles. The number of hydrogen-bond acceptors (Lipinski definition) is 6. The summed E-state index contributed by atoms with van der Waals surface area (Å²) in [6, 6.07) is 11.4. The Morgan fingerprint density at radius 3 is 2.55 bits per heavy atom. The first-order valence-corrected chi connectivity index (χ1v) is 9.54. The van der Waals surface area contributed by atoms with Crippen LogP contribution in [0.1, 0.15) is 16.4 Å². The molecule has 146 valence electrons. The number of carbonyl (C=O) groups excluding carboxylic acids is 1. The number of aryl methyl sites for hydroxylation is 1. The molecule has 0 aliphatic carbocycles. The van der Waals surface area contributed by atoms with E-state index in [0.29, 0.717) is 31.9 Å². The van der Waals surface area contributed by atoms with Crippen LogP contribution in [-0.4, -0.2) is 56.5 Å². The van der Waals surface area contributed by atoms with Gasteiger partial charge in [-0.25, -0.2) is 15.0 Å². The fourth-order valence-electron chi connectivity index (χ4n) is 3.64. The van der Waals surface area contributed by atoms with E-state index in [1.807, 2.05) is 59.0 Å². The van der Waals surface area contributed by atoms with Gasteiger partial charge in [0, 0.05) is 50.0 Å². The lowest BCUT2D eigenvalue weighted by molar-refractivity contribution is 0.0717. The van der Waals surface area contributed by atoms with Crippen molar-refractivity contribution in [1.29, 1.82) is 0 Å². The third-order valence-corrected chi connectivity index (χ3v) is 5.24. The summed E-state index contributed by atoms with van der Waals surface area (Å²) in [5.74, 6) is 2.82. The topological polar surface area (TPSA) is 80.3 Å². The minimum atomic E-state index is -0.0710. The number of piperazine rings is 1. The number of rotatable bonds is 3. The van der Waals surface area contributed by atoms with E-state index < -0.39 is 0 Å². The van der Waals surface area contributed by atoms with Gasteiger partial charge in [-0.3, -0.25) is 9.36 Å². The van der Waals surface area contributed by atoms with E-state index in [1.165, 1.54) is 0 Å². The van der Waals surface area contributed by atoms with Gasteiger partial charge in [0.05, 0.1) is 0 Å². The monoisotopic (exact) mass is 388 g/mol. The van der Waals surface area contributed by atoms with E-state index in [4.69, 9.17) is 4.42 Å². The number of amides is 1. The van der Waals surface area contributed by atoms with E-state index in [-0.39, 0.29) is 5.91 Å². The van der Waals surface area contributed by atoms with Gasteiger partial charge in [-0.05, 0) is 19.1 Å². The Morgan fingerprint density at radius 2 is 1.79 bits per heavy atom. The Kier molecular flexibility index (Phi) is 4.23. The van der Waals surface area contributed by atoms with Gasteiger partial charge in [0.1, 0.15) is 29.4 Å². The molecule has 0 N–H and O–H groups in total. The van der Waals surface area contributed by atoms with Gasteiger partial charge in [0.25, 0.3) is 5.91 Å². The average Bonchev–Trinajstić information content (AvgIpc) is 3.39. The van der Waals surface area contributed by atoms with E-state index in [0.717, 1.165) is 28.4 Å². The minimum absolute atomic E-state index is 0.0710. The molecule has 4 heterocycles. The normalized spacial score (nSPS) is 14.5. The first kappa shape index (κ1) is 17.4. The average molecular weight is 388 g/mol. The van der Waals surface area contributed by atoms with Crippen molar-refractivity contribution in [3.63, 3.8) is 0 Å². The molecule has 0 unspecified atom stereocenters. The summed E-state index contributed by atoms with van der Waals surface area (Å²) < 4.78 is 7.65. The number of imidazole rings is 1. The molecule has 0 bridgehead atoms. The lowest BCUT2D eigenvalue weighted by Crippen LogP contribution is -2.49. The molecular formula is C21H20N6O2. The molecule has 1 aliphatic rings. The molecule has 29 heavy (non-hydrogen) atoms. The highest BCUT2D eigenvalue weighted by molar-refractivity contribution is 5.96. The van der Waals surface area contributed by atoms with Crippen LogP contribution in [0.5, 0.6) is 0 Å². The van der Waals surface area contributed by atoms with Crippen molar-refractivity contribution < 1.29 is 9.21 Å². The zero-order valence-corrected chi connectivity index (χ0v) is 16.0. The Labute approximate surface area is 167 Å². The second-order valence-electron chi connectivity index (χ2n) is 7.01. The fraction of sp³-hybridized carbons (Fsp3) is 0.238. The lowest BCUT2D eigenvalue weighted by atomic mass is 10.2. The zero-order chi connectivity index (χ0) is 19.8. The van der Waals surface area contributed by atoms with Crippen molar-refractivity contribution in [1.82, 2.24) is 24.4 Å². The number of carbonyl (C=O) groups is 1. The van der Waals surface area contributed by atoms with Gasteiger partial charge >= 0.3 is 0 Å². The summed E-state index contributed by atoms with van der Waals surface area (Å²) in [6.07, 6.45) is 5.20. The van der Waals surface area contributed by atoms with E-state index in [1.54, 1.807) is 12.5 Å². The van der Waals surface area contributed by atoms with E-state index in [9.17, 15) is 4.79 Å². The molecule has 1 amide bonds. The maximum atomic E-state index is 12.8. The van der Waals surface area contributed by atoms with Crippen LogP contribution in [0.3, 0.4) is 0 Å².